The normalized spacial score (nSPS) is 23.9. The molecule has 3 heterocycles. The minimum absolute atomic E-state index is 0.498. The summed E-state index contributed by atoms with van der Waals surface area (Å²) in [6.45, 7) is 5.89. The predicted molar refractivity (Wildman–Crippen MR) is 72.7 cm³/mol. The molecule has 0 radical (unpaired) electrons. The molecule has 3 rings (SSSR count). The van der Waals surface area contributed by atoms with Crippen LogP contribution in [-0.4, -0.2) is 49.2 Å². The van der Waals surface area contributed by atoms with Gasteiger partial charge in [0.15, 0.2) is 11.6 Å². The highest BCUT2D eigenvalue weighted by Crippen LogP contribution is 2.37. The number of ether oxygens (including phenoxy) is 1. The molecule has 0 amide bonds. The second-order valence-electron chi connectivity index (χ2n) is 5.13. The number of hydrogen-bond donors (Lipinski definition) is 0. The van der Waals surface area contributed by atoms with E-state index in [1.165, 1.54) is 0 Å². The molecule has 0 N–H and O–H groups in total. The van der Waals surface area contributed by atoms with Gasteiger partial charge in [-0.15, -0.1) is 0 Å². The molecule has 0 unspecified atom stereocenters. The first kappa shape index (κ1) is 12.1. The molecule has 1 saturated heterocycles. The summed E-state index contributed by atoms with van der Waals surface area (Å²) in [6.07, 6.45) is 2.78. The van der Waals surface area contributed by atoms with Crippen molar-refractivity contribution in [2.45, 2.75) is 19.4 Å². The molecule has 0 aliphatic carbocycles. The van der Waals surface area contributed by atoms with Gasteiger partial charge in [0, 0.05) is 43.9 Å². The maximum Gasteiger partial charge on any atom is 0.172 e. The first-order valence-electron chi connectivity index (χ1n) is 6.40. The van der Waals surface area contributed by atoms with Gasteiger partial charge < -0.3 is 14.5 Å². The fraction of sp³-hybridized carbons (Fsp3) is 0.615. The van der Waals surface area contributed by atoms with Crippen LogP contribution in [0.15, 0.2) is 6.20 Å². The average Bonchev–Trinajstić information content (AvgIpc) is 2.53. The lowest BCUT2D eigenvalue weighted by Gasteiger charge is -2.39. The van der Waals surface area contributed by atoms with Crippen molar-refractivity contribution >= 4 is 17.4 Å². The van der Waals surface area contributed by atoms with Crippen molar-refractivity contribution < 1.29 is 4.74 Å². The maximum atomic E-state index is 6.13. The highest BCUT2D eigenvalue weighted by molar-refractivity contribution is 6.31. The van der Waals surface area contributed by atoms with Crippen molar-refractivity contribution in [1.82, 2.24) is 9.88 Å². The Morgan fingerprint density at radius 1 is 1.44 bits per heavy atom. The molecule has 0 bridgehead atoms. The number of anilines is 1. The third-order valence-electron chi connectivity index (χ3n) is 3.86. The van der Waals surface area contributed by atoms with Crippen LogP contribution in [0.4, 0.5) is 5.82 Å². The van der Waals surface area contributed by atoms with Crippen molar-refractivity contribution in [3.8, 4) is 5.75 Å². The molecule has 1 aromatic rings. The summed E-state index contributed by atoms with van der Waals surface area (Å²) in [5.41, 5.74) is 1.00. The summed E-state index contributed by atoms with van der Waals surface area (Å²) in [6, 6.07) is 0.498. The Labute approximate surface area is 112 Å². The molecule has 1 aromatic heterocycles. The van der Waals surface area contributed by atoms with Crippen LogP contribution in [0, 0.1) is 6.92 Å². The van der Waals surface area contributed by atoms with E-state index in [4.69, 9.17) is 16.3 Å². The Kier molecular flexibility index (Phi) is 3.08. The largest absolute Gasteiger partial charge is 0.489 e. The Morgan fingerprint density at radius 3 is 3.11 bits per heavy atom. The number of nitrogens with zero attached hydrogens (tertiary/aromatic N) is 3. The number of pyridine rings is 1. The van der Waals surface area contributed by atoms with Crippen LogP contribution in [-0.2, 0) is 0 Å². The lowest BCUT2D eigenvalue weighted by atomic mass is 10.1. The summed E-state index contributed by atoms with van der Waals surface area (Å²) in [5.74, 6) is 1.84. The topological polar surface area (TPSA) is 28.6 Å². The third kappa shape index (κ3) is 1.93. The van der Waals surface area contributed by atoms with Gasteiger partial charge in [0.1, 0.15) is 0 Å². The van der Waals surface area contributed by atoms with E-state index < -0.39 is 0 Å². The Hall–Kier alpha value is -1.00. The molecule has 2 aliphatic heterocycles. The van der Waals surface area contributed by atoms with Crippen molar-refractivity contribution in [3.63, 3.8) is 0 Å². The van der Waals surface area contributed by atoms with Crippen LogP contribution >= 0.6 is 11.6 Å². The van der Waals surface area contributed by atoms with Crippen LogP contribution in [0.5, 0.6) is 5.75 Å². The maximum absolute atomic E-state index is 6.13. The quantitative estimate of drug-likeness (QED) is 0.718. The Bertz CT molecular complexity index is 466. The molecule has 18 heavy (non-hydrogen) atoms. The first-order valence-corrected chi connectivity index (χ1v) is 6.77. The zero-order valence-corrected chi connectivity index (χ0v) is 11.6. The van der Waals surface area contributed by atoms with Gasteiger partial charge >= 0.3 is 0 Å². The standard InChI is InChI=1S/C13H18ClN3O/c1-9-11(14)7-15-13-12(9)18-6-3-10-8-16(2)4-5-17(10)13/h7,10H,3-6,8H2,1-2H3/t10-/m0/s1. The van der Waals surface area contributed by atoms with E-state index in [0.717, 1.165) is 49.8 Å². The van der Waals surface area contributed by atoms with Gasteiger partial charge in [-0.2, -0.15) is 0 Å². The number of hydrogen-bond acceptors (Lipinski definition) is 4. The molecule has 2 aliphatic rings. The van der Waals surface area contributed by atoms with Gasteiger partial charge in [-0.25, -0.2) is 4.98 Å². The SMILES string of the molecule is Cc1c(Cl)cnc2c1OCC[C@H]1CN(C)CCN21. The van der Waals surface area contributed by atoms with Gasteiger partial charge in [0.25, 0.3) is 0 Å². The smallest absolute Gasteiger partial charge is 0.172 e. The molecule has 0 saturated carbocycles. The number of piperazine rings is 1. The second kappa shape index (κ2) is 4.59. The molecule has 0 spiro atoms. The van der Waals surface area contributed by atoms with E-state index in [1.54, 1.807) is 6.20 Å². The van der Waals surface area contributed by atoms with E-state index in [0.29, 0.717) is 11.1 Å². The number of fused-ring (bicyclic) bond motifs is 3. The molecule has 1 fully saturated rings. The Morgan fingerprint density at radius 2 is 2.28 bits per heavy atom. The molecular formula is C13H18ClN3O. The summed E-state index contributed by atoms with van der Waals surface area (Å²) in [7, 11) is 2.17. The summed E-state index contributed by atoms with van der Waals surface area (Å²) >= 11 is 6.13. The zero-order chi connectivity index (χ0) is 12.7. The predicted octanol–water partition coefficient (Wildman–Crippen LogP) is 1.95. The fourth-order valence-corrected chi connectivity index (χ4v) is 2.90. The zero-order valence-electron chi connectivity index (χ0n) is 10.8. The van der Waals surface area contributed by atoms with Crippen LogP contribution < -0.4 is 9.64 Å². The van der Waals surface area contributed by atoms with Crippen LogP contribution in [0.1, 0.15) is 12.0 Å². The minimum Gasteiger partial charge on any atom is -0.489 e. The summed E-state index contributed by atoms with van der Waals surface area (Å²) in [5, 5.41) is 0.682. The fourth-order valence-electron chi connectivity index (χ4n) is 2.76. The van der Waals surface area contributed by atoms with Crippen LogP contribution in [0.25, 0.3) is 0 Å². The van der Waals surface area contributed by atoms with Gasteiger partial charge in [-0.3, -0.25) is 0 Å². The van der Waals surface area contributed by atoms with Crippen LogP contribution in [0.3, 0.4) is 0 Å². The number of rotatable bonds is 0. The van der Waals surface area contributed by atoms with E-state index >= 15 is 0 Å². The summed E-state index contributed by atoms with van der Waals surface area (Å²) in [4.78, 5) is 9.25. The highest BCUT2D eigenvalue weighted by Gasteiger charge is 2.31. The van der Waals surface area contributed by atoms with Crippen LogP contribution in [0.2, 0.25) is 5.02 Å². The van der Waals surface area contributed by atoms with Crippen molar-refractivity contribution in [2.75, 3.05) is 38.2 Å². The number of halogens is 1. The van der Waals surface area contributed by atoms with Crippen molar-refractivity contribution in [2.24, 2.45) is 0 Å². The number of likely N-dealkylation sites (N-methyl/N-ethyl adjacent to an activating group) is 1. The van der Waals surface area contributed by atoms with E-state index in [9.17, 15) is 0 Å². The molecule has 1 atom stereocenters. The Balaban J connectivity index is 2.02. The van der Waals surface area contributed by atoms with Gasteiger partial charge in [-0.1, -0.05) is 11.6 Å². The lowest BCUT2D eigenvalue weighted by Crippen LogP contribution is -2.52. The molecule has 4 nitrogen and oxygen atoms in total. The average molecular weight is 268 g/mol. The van der Waals surface area contributed by atoms with Crippen molar-refractivity contribution in [3.05, 3.63) is 16.8 Å². The molecule has 0 aromatic carbocycles. The summed E-state index contributed by atoms with van der Waals surface area (Å²) < 4.78 is 5.88. The number of aromatic nitrogens is 1. The monoisotopic (exact) mass is 267 g/mol. The third-order valence-corrected chi connectivity index (χ3v) is 4.24. The van der Waals surface area contributed by atoms with Gasteiger partial charge in [0.05, 0.1) is 11.6 Å². The van der Waals surface area contributed by atoms with E-state index in [-0.39, 0.29) is 0 Å². The highest BCUT2D eigenvalue weighted by atomic mass is 35.5. The van der Waals surface area contributed by atoms with Gasteiger partial charge in [-0.05, 0) is 14.0 Å². The van der Waals surface area contributed by atoms with Gasteiger partial charge in [0.2, 0.25) is 0 Å². The minimum atomic E-state index is 0.498. The molecule has 98 valence electrons. The molecular weight excluding hydrogens is 250 g/mol. The second-order valence-corrected chi connectivity index (χ2v) is 5.54. The van der Waals surface area contributed by atoms with E-state index in [2.05, 4.69) is 21.8 Å². The first-order chi connectivity index (χ1) is 8.66. The van der Waals surface area contributed by atoms with Crippen molar-refractivity contribution in [1.29, 1.82) is 0 Å². The lowest BCUT2D eigenvalue weighted by molar-refractivity contribution is 0.242. The van der Waals surface area contributed by atoms with E-state index in [1.807, 2.05) is 6.92 Å². The molecule has 5 heteroatoms.